The van der Waals surface area contributed by atoms with Crippen LogP contribution in [0.15, 0.2) is 29.3 Å². The lowest BCUT2D eigenvalue weighted by molar-refractivity contribution is -0.128. The molecule has 5 nitrogen and oxygen atoms in total. The molecular formula is C20H34FIN4O. The largest absolute Gasteiger partial charge is 0.357 e. The Bertz CT molecular complexity index is 627. The summed E-state index contributed by atoms with van der Waals surface area (Å²) in [5.41, 5.74) is 0.230. The summed E-state index contributed by atoms with van der Waals surface area (Å²) in [5, 5.41) is 9.30. The SMILES string of the molecule is CCNC(=NCC(C)(C)c1cccc(F)c1)NCCNC(=O)C(C)(C)C.I. The van der Waals surface area contributed by atoms with Crippen LogP contribution < -0.4 is 16.0 Å². The highest BCUT2D eigenvalue weighted by Crippen LogP contribution is 2.24. The minimum absolute atomic E-state index is 0. The van der Waals surface area contributed by atoms with E-state index in [1.807, 2.05) is 47.6 Å². The lowest BCUT2D eigenvalue weighted by Gasteiger charge is -2.24. The van der Waals surface area contributed by atoms with Gasteiger partial charge in [-0.2, -0.15) is 0 Å². The molecule has 0 bridgehead atoms. The summed E-state index contributed by atoms with van der Waals surface area (Å²) >= 11 is 0. The van der Waals surface area contributed by atoms with Crippen molar-refractivity contribution in [3.8, 4) is 0 Å². The van der Waals surface area contributed by atoms with Gasteiger partial charge in [-0.3, -0.25) is 9.79 Å². The highest BCUT2D eigenvalue weighted by atomic mass is 127. The molecule has 0 aromatic heterocycles. The van der Waals surface area contributed by atoms with E-state index >= 15 is 0 Å². The third-order valence-corrected chi connectivity index (χ3v) is 3.97. The third-order valence-electron chi connectivity index (χ3n) is 3.97. The molecule has 1 aromatic rings. The molecule has 0 atom stereocenters. The maximum absolute atomic E-state index is 13.5. The smallest absolute Gasteiger partial charge is 0.225 e. The van der Waals surface area contributed by atoms with Gasteiger partial charge in [0.2, 0.25) is 5.91 Å². The van der Waals surface area contributed by atoms with Gasteiger partial charge >= 0.3 is 0 Å². The number of nitrogens with zero attached hydrogens (tertiary/aromatic N) is 1. The lowest BCUT2D eigenvalue weighted by Crippen LogP contribution is -2.44. The second kappa shape index (κ2) is 11.5. The number of guanidine groups is 1. The fourth-order valence-corrected chi connectivity index (χ4v) is 2.24. The maximum Gasteiger partial charge on any atom is 0.225 e. The van der Waals surface area contributed by atoms with Crippen molar-refractivity contribution in [3.63, 3.8) is 0 Å². The molecule has 0 saturated heterocycles. The monoisotopic (exact) mass is 492 g/mol. The van der Waals surface area contributed by atoms with Crippen molar-refractivity contribution in [2.45, 2.75) is 47.0 Å². The van der Waals surface area contributed by atoms with Crippen LogP contribution in [0.5, 0.6) is 0 Å². The van der Waals surface area contributed by atoms with Crippen LogP contribution in [0.3, 0.4) is 0 Å². The van der Waals surface area contributed by atoms with Gasteiger partial charge in [-0.25, -0.2) is 4.39 Å². The van der Waals surface area contributed by atoms with Crippen LogP contribution in [0.4, 0.5) is 4.39 Å². The van der Waals surface area contributed by atoms with Gasteiger partial charge in [0, 0.05) is 30.5 Å². The normalized spacial score (nSPS) is 12.2. The molecule has 0 saturated carbocycles. The second-order valence-corrected chi connectivity index (χ2v) is 8.02. The number of hydrogen-bond donors (Lipinski definition) is 3. The average molecular weight is 492 g/mol. The van der Waals surface area contributed by atoms with Gasteiger partial charge in [-0.05, 0) is 24.6 Å². The first-order chi connectivity index (χ1) is 12.1. The van der Waals surface area contributed by atoms with Crippen LogP contribution >= 0.6 is 24.0 Å². The van der Waals surface area contributed by atoms with E-state index in [2.05, 4.69) is 20.9 Å². The molecule has 27 heavy (non-hydrogen) atoms. The molecular weight excluding hydrogens is 458 g/mol. The molecule has 1 amide bonds. The molecule has 0 aliphatic rings. The Morgan fingerprint density at radius 3 is 2.26 bits per heavy atom. The first-order valence-electron chi connectivity index (χ1n) is 9.13. The van der Waals surface area contributed by atoms with Crippen molar-refractivity contribution < 1.29 is 9.18 Å². The number of nitrogens with one attached hydrogen (secondary N) is 3. The molecule has 0 aliphatic carbocycles. The Kier molecular flexibility index (Phi) is 10.9. The van der Waals surface area contributed by atoms with Gasteiger partial charge in [-0.1, -0.05) is 46.8 Å². The minimum Gasteiger partial charge on any atom is -0.357 e. The van der Waals surface area contributed by atoms with Gasteiger partial charge in [0.15, 0.2) is 5.96 Å². The molecule has 0 spiro atoms. The van der Waals surface area contributed by atoms with Crippen molar-refractivity contribution in [2.24, 2.45) is 10.4 Å². The average Bonchev–Trinajstić information content (AvgIpc) is 2.55. The number of carbonyl (C=O) groups is 1. The Labute approximate surface area is 180 Å². The standard InChI is InChI=1S/C20H33FN4O.HI/c1-7-22-18(24-12-11-23-17(26)19(2,3)4)25-14-20(5,6)15-9-8-10-16(21)13-15;/h8-10,13H,7,11-12,14H2,1-6H3,(H,23,26)(H2,22,24,25);1H. The predicted molar refractivity (Wildman–Crippen MR) is 121 cm³/mol. The van der Waals surface area contributed by atoms with Crippen molar-refractivity contribution in [1.82, 2.24) is 16.0 Å². The molecule has 0 heterocycles. The van der Waals surface area contributed by atoms with E-state index in [4.69, 9.17) is 0 Å². The fraction of sp³-hybridized carbons (Fsp3) is 0.600. The zero-order valence-electron chi connectivity index (χ0n) is 17.3. The number of benzene rings is 1. The topological polar surface area (TPSA) is 65.5 Å². The summed E-state index contributed by atoms with van der Waals surface area (Å²) in [6.45, 7) is 14.1. The molecule has 7 heteroatoms. The quantitative estimate of drug-likeness (QED) is 0.237. The first-order valence-corrected chi connectivity index (χ1v) is 9.13. The van der Waals surface area contributed by atoms with E-state index in [0.29, 0.717) is 25.6 Å². The number of halogens is 2. The Morgan fingerprint density at radius 1 is 1.07 bits per heavy atom. The fourth-order valence-electron chi connectivity index (χ4n) is 2.24. The number of amides is 1. The highest BCUT2D eigenvalue weighted by Gasteiger charge is 2.21. The van der Waals surface area contributed by atoms with Crippen LogP contribution in [0.1, 0.15) is 47.1 Å². The van der Waals surface area contributed by atoms with E-state index in [0.717, 1.165) is 12.1 Å². The number of hydrogen-bond acceptors (Lipinski definition) is 2. The van der Waals surface area contributed by atoms with E-state index in [1.165, 1.54) is 6.07 Å². The molecule has 1 aromatic carbocycles. The molecule has 1 rings (SSSR count). The van der Waals surface area contributed by atoms with Crippen molar-refractivity contribution in [1.29, 1.82) is 0 Å². The van der Waals surface area contributed by atoms with Gasteiger partial charge in [0.05, 0.1) is 6.54 Å². The zero-order chi connectivity index (χ0) is 19.8. The second-order valence-electron chi connectivity index (χ2n) is 8.02. The number of rotatable bonds is 7. The zero-order valence-corrected chi connectivity index (χ0v) is 19.6. The Hall–Kier alpha value is -1.38. The summed E-state index contributed by atoms with van der Waals surface area (Å²) < 4.78 is 13.5. The van der Waals surface area contributed by atoms with E-state index in [-0.39, 0.29) is 41.1 Å². The summed E-state index contributed by atoms with van der Waals surface area (Å²) in [7, 11) is 0. The lowest BCUT2D eigenvalue weighted by atomic mass is 9.85. The first kappa shape index (κ1) is 25.6. The summed E-state index contributed by atoms with van der Waals surface area (Å²) in [4.78, 5) is 16.5. The minimum atomic E-state index is -0.395. The predicted octanol–water partition coefficient (Wildman–Crippen LogP) is 3.44. The van der Waals surface area contributed by atoms with Crippen molar-refractivity contribution in [3.05, 3.63) is 35.6 Å². The molecule has 0 radical (unpaired) electrons. The molecule has 0 aliphatic heterocycles. The van der Waals surface area contributed by atoms with Gasteiger partial charge in [0.25, 0.3) is 0 Å². The van der Waals surface area contributed by atoms with Crippen LogP contribution in [-0.2, 0) is 10.2 Å². The molecule has 0 unspecified atom stereocenters. The van der Waals surface area contributed by atoms with E-state index in [9.17, 15) is 9.18 Å². The van der Waals surface area contributed by atoms with Crippen LogP contribution in [-0.4, -0.2) is 38.0 Å². The number of carbonyl (C=O) groups excluding carboxylic acids is 1. The van der Waals surface area contributed by atoms with Crippen molar-refractivity contribution in [2.75, 3.05) is 26.2 Å². The van der Waals surface area contributed by atoms with Gasteiger partial charge < -0.3 is 16.0 Å². The van der Waals surface area contributed by atoms with E-state index in [1.54, 1.807) is 12.1 Å². The van der Waals surface area contributed by atoms with Crippen LogP contribution in [0.25, 0.3) is 0 Å². The Balaban J connectivity index is 0.00000676. The van der Waals surface area contributed by atoms with Crippen LogP contribution in [0, 0.1) is 11.2 Å². The third kappa shape index (κ3) is 9.39. The number of aliphatic imine (C=N–C) groups is 1. The highest BCUT2D eigenvalue weighted by molar-refractivity contribution is 14.0. The molecule has 154 valence electrons. The molecule has 3 N–H and O–H groups in total. The Morgan fingerprint density at radius 2 is 1.70 bits per heavy atom. The summed E-state index contributed by atoms with van der Waals surface area (Å²) in [6, 6.07) is 6.64. The van der Waals surface area contributed by atoms with E-state index < -0.39 is 5.41 Å². The maximum atomic E-state index is 13.5. The van der Waals surface area contributed by atoms with Gasteiger partial charge in [0.1, 0.15) is 5.82 Å². The van der Waals surface area contributed by atoms with Gasteiger partial charge in [-0.15, -0.1) is 24.0 Å². The summed E-state index contributed by atoms with van der Waals surface area (Å²) in [6.07, 6.45) is 0. The molecule has 0 fully saturated rings. The summed E-state index contributed by atoms with van der Waals surface area (Å²) in [5.74, 6) is 0.467. The van der Waals surface area contributed by atoms with Crippen LogP contribution in [0.2, 0.25) is 0 Å². The van der Waals surface area contributed by atoms with Crippen molar-refractivity contribution >= 4 is 35.8 Å².